The first kappa shape index (κ1) is 13.6. The molecule has 0 aliphatic carbocycles. The van der Waals surface area contributed by atoms with E-state index in [1.165, 1.54) is 5.56 Å². The zero-order valence-electron chi connectivity index (χ0n) is 11.7. The van der Waals surface area contributed by atoms with Gasteiger partial charge in [-0.15, -0.1) is 0 Å². The predicted molar refractivity (Wildman–Crippen MR) is 91.1 cm³/mol. The molecule has 0 saturated carbocycles. The van der Waals surface area contributed by atoms with Crippen LogP contribution in [0.3, 0.4) is 0 Å². The largest absolute Gasteiger partial charge is 0.331 e. The quantitative estimate of drug-likeness (QED) is 0.725. The second-order valence-electron chi connectivity index (χ2n) is 4.72. The van der Waals surface area contributed by atoms with Crippen LogP contribution in [0.25, 0.3) is 11.0 Å². The Morgan fingerprint density at radius 2 is 2.05 bits per heavy atom. The smallest absolute Gasteiger partial charge is 0.190 e. The number of anilines is 1. The van der Waals surface area contributed by atoms with Gasteiger partial charge in [-0.2, -0.15) is 0 Å². The molecule has 0 radical (unpaired) electrons. The van der Waals surface area contributed by atoms with Crippen LogP contribution < -0.4 is 10.7 Å². The van der Waals surface area contributed by atoms with Crippen LogP contribution in [0.2, 0.25) is 0 Å². The van der Waals surface area contributed by atoms with Crippen molar-refractivity contribution in [3.63, 3.8) is 0 Å². The third-order valence-corrected chi connectivity index (χ3v) is 3.46. The van der Waals surface area contributed by atoms with Crippen LogP contribution in [0.5, 0.6) is 0 Å². The summed E-state index contributed by atoms with van der Waals surface area (Å²) in [5.74, 6) is 0. The Balaban J connectivity index is 1.74. The number of thiocarbonyl (C=S) groups is 1. The molecule has 2 aromatic carbocycles. The standard InChI is InChI=1S/C16H16N4S/c1-2-12-6-5-7-13(10-12)18-16(21)19-20-11-17-14-8-3-4-9-15(14)20/h3-11H,2H2,1H3,(H2,18,19,21). The fourth-order valence-electron chi connectivity index (χ4n) is 2.19. The lowest BCUT2D eigenvalue weighted by atomic mass is 10.1. The molecule has 1 aromatic heterocycles. The zero-order chi connectivity index (χ0) is 14.7. The van der Waals surface area contributed by atoms with Gasteiger partial charge in [0.2, 0.25) is 0 Å². The van der Waals surface area contributed by atoms with Gasteiger partial charge in [0.15, 0.2) is 5.11 Å². The number of benzene rings is 2. The van der Waals surface area contributed by atoms with Gasteiger partial charge in [-0.3, -0.25) is 5.43 Å². The number of hydrogen-bond donors (Lipinski definition) is 2. The molecule has 3 rings (SSSR count). The van der Waals surface area contributed by atoms with E-state index in [9.17, 15) is 0 Å². The van der Waals surface area contributed by atoms with E-state index in [1.54, 1.807) is 6.33 Å². The summed E-state index contributed by atoms with van der Waals surface area (Å²) in [4.78, 5) is 4.32. The van der Waals surface area contributed by atoms with Gasteiger partial charge in [-0.05, 0) is 48.5 Å². The second kappa shape index (κ2) is 5.93. The minimum absolute atomic E-state index is 0.534. The Labute approximate surface area is 128 Å². The monoisotopic (exact) mass is 296 g/mol. The Morgan fingerprint density at radius 3 is 2.90 bits per heavy atom. The number of hydrogen-bond acceptors (Lipinski definition) is 2. The lowest BCUT2D eigenvalue weighted by Gasteiger charge is -2.12. The molecule has 0 fully saturated rings. The van der Waals surface area contributed by atoms with Crippen molar-refractivity contribution in [1.29, 1.82) is 0 Å². The summed E-state index contributed by atoms with van der Waals surface area (Å²) in [7, 11) is 0. The van der Waals surface area contributed by atoms with Crippen molar-refractivity contribution in [2.24, 2.45) is 0 Å². The maximum atomic E-state index is 5.36. The molecule has 0 atom stereocenters. The van der Waals surface area contributed by atoms with Gasteiger partial charge in [0.1, 0.15) is 6.33 Å². The molecule has 106 valence electrons. The summed E-state index contributed by atoms with van der Waals surface area (Å²) >= 11 is 5.36. The fourth-order valence-corrected chi connectivity index (χ4v) is 2.40. The van der Waals surface area contributed by atoms with Crippen molar-refractivity contribution in [1.82, 2.24) is 9.66 Å². The second-order valence-corrected chi connectivity index (χ2v) is 5.13. The molecule has 21 heavy (non-hydrogen) atoms. The maximum Gasteiger partial charge on any atom is 0.190 e. The Kier molecular flexibility index (Phi) is 3.83. The third kappa shape index (κ3) is 3.03. The van der Waals surface area contributed by atoms with E-state index in [0.717, 1.165) is 23.1 Å². The summed E-state index contributed by atoms with van der Waals surface area (Å²) in [6.45, 7) is 2.13. The van der Waals surface area contributed by atoms with Crippen LogP contribution in [-0.2, 0) is 6.42 Å². The molecule has 0 spiro atoms. The fraction of sp³-hybridized carbons (Fsp3) is 0.125. The van der Waals surface area contributed by atoms with Gasteiger partial charge in [0.25, 0.3) is 0 Å². The molecule has 5 heteroatoms. The van der Waals surface area contributed by atoms with Crippen molar-refractivity contribution in [3.05, 3.63) is 60.4 Å². The molecule has 0 amide bonds. The molecule has 4 nitrogen and oxygen atoms in total. The highest BCUT2D eigenvalue weighted by Gasteiger charge is 2.03. The molecule has 3 aromatic rings. The first-order valence-corrected chi connectivity index (χ1v) is 7.26. The van der Waals surface area contributed by atoms with Crippen LogP contribution in [0.4, 0.5) is 5.69 Å². The normalized spacial score (nSPS) is 10.5. The molecule has 1 heterocycles. The van der Waals surface area contributed by atoms with Crippen molar-refractivity contribution in [2.75, 3.05) is 10.7 Å². The lowest BCUT2D eigenvalue weighted by molar-refractivity contribution is 1.01. The van der Waals surface area contributed by atoms with E-state index in [2.05, 4.69) is 34.8 Å². The molecule has 0 aliphatic rings. The van der Waals surface area contributed by atoms with Gasteiger partial charge in [-0.1, -0.05) is 31.2 Å². The number of para-hydroxylation sites is 2. The summed E-state index contributed by atoms with van der Waals surface area (Å²) in [5.41, 5.74) is 7.30. The van der Waals surface area contributed by atoms with Gasteiger partial charge < -0.3 is 5.32 Å². The highest BCUT2D eigenvalue weighted by Crippen LogP contribution is 2.12. The van der Waals surface area contributed by atoms with Crippen LogP contribution >= 0.6 is 12.2 Å². The van der Waals surface area contributed by atoms with E-state index < -0.39 is 0 Å². The van der Waals surface area contributed by atoms with Crippen LogP contribution in [0.15, 0.2) is 54.9 Å². The molecule has 0 saturated heterocycles. The summed E-state index contributed by atoms with van der Waals surface area (Å²) in [6, 6.07) is 16.1. The van der Waals surface area contributed by atoms with E-state index in [0.29, 0.717) is 5.11 Å². The first-order valence-electron chi connectivity index (χ1n) is 6.85. The van der Waals surface area contributed by atoms with Crippen molar-refractivity contribution >= 4 is 34.1 Å². The predicted octanol–water partition coefficient (Wildman–Crippen LogP) is 3.54. The minimum Gasteiger partial charge on any atom is -0.331 e. The molecule has 0 unspecified atom stereocenters. The average Bonchev–Trinajstić information content (AvgIpc) is 2.91. The van der Waals surface area contributed by atoms with E-state index in [1.807, 2.05) is 41.1 Å². The zero-order valence-corrected chi connectivity index (χ0v) is 12.5. The molecule has 2 N–H and O–H groups in total. The number of aromatic nitrogens is 2. The van der Waals surface area contributed by atoms with Crippen molar-refractivity contribution < 1.29 is 0 Å². The molecular weight excluding hydrogens is 280 g/mol. The highest BCUT2D eigenvalue weighted by molar-refractivity contribution is 7.80. The summed E-state index contributed by atoms with van der Waals surface area (Å²) in [5, 5.41) is 3.73. The van der Waals surface area contributed by atoms with E-state index in [-0.39, 0.29) is 0 Å². The Hall–Kier alpha value is -2.40. The van der Waals surface area contributed by atoms with Gasteiger partial charge in [0.05, 0.1) is 11.0 Å². The topological polar surface area (TPSA) is 41.9 Å². The minimum atomic E-state index is 0.534. The number of rotatable bonds is 3. The summed E-state index contributed by atoms with van der Waals surface area (Å²) < 4.78 is 1.81. The number of nitrogens with zero attached hydrogens (tertiary/aromatic N) is 2. The number of aryl methyl sites for hydroxylation is 1. The summed E-state index contributed by atoms with van der Waals surface area (Å²) in [6.07, 6.45) is 2.73. The highest BCUT2D eigenvalue weighted by atomic mass is 32.1. The molecular formula is C16H16N4S. The van der Waals surface area contributed by atoms with Crippen molar-refractivity contribution in [2.45, 2.75) is 13.3 Å². The number of fused-ring (bicyclic) bond motifs is 1. The molecule has 0 bridgehead atoms. The van der Waals surface area contributed by atoms with E-state index >= 15 is 0 Å². The van der Waals surface area contributed by atoms with Gasteiger partial charge in [-0.25, -0.2) is 9.66 Å². The van der Waals surface area contributed by atoms with E-state index in [4.69, 9.17) is 12.2 Å². The van der Waals surface area contributed by atoms with Gasteiger partial charge in [0, 0.05) is 5.69 Å². The SMILES string of the molecule is CCc1cccc(NC(=S)Nn2cnc3ccccc32)c1. The average molecular weight is 296 g/mol. The van der Waals surface area contributed by atoms with Crippen molar-refractivity contribution in [3.8, 4) is 0 Å². The third-order valence-electron chi connectivity index (χ3n) is 3.27. The first-order chi connectivity index (χ1) is 10.3. The van der Waals surface area contributed by atoms with Crippen LogP contribution in [0, 0.1) is 0 Å². The molecule has 0 aliphatic heterocycles. The Morgan fingerprint density at radius 1 is 1.19 bits per heavy atom. The maximum absolute atomic E-state index is 5.36. The van der Waals surface area contributed by atoms with Crippen LogP contribution in [0.1, 0.15) is 12.5 Å². The van der Waals surface area contributed by atoms with Crippen LogP contribution in [-0.4, -0.2) is 14.8 Å². The number of imidazole rings is 1. The lowest BCUT2D eigenvalue weighted by Crippen LogP contribution is -2.26. The van der Waals surface area contributed by atoms with Gasteiger partial charge >= 0.3 is 0 Å². The Bertz CT molecular complexity index is 779. The number of nitrogens with one attached hydrogen (secondary N) is 2.